The van der Waals surface area contributed by atoms with E-state index >= 15 is 0 Å². The molecule has 182 valence electrons. The molecule has 2 heterocycles. The number of piperazine rings is 1. The standard InChI is InChI=1S/C25H31N3O5S/c1-26-11-13-27(14-12-26)34(30,31)22-8-4-5-20(16-22)25(29)28(21-6-2-3-7-21)17-19-9-10-23-24(15-19)33-18-32-23/h4-5,8-10,15-16,21H,2-3,6-7,11-14,17-18H2,1H3. The fraction of sp³-hybridized carbons (Fsp3) is 0.480. The molecule has 1 saturated heterocycles. The highest BCUT2D eigenvalue weighted by atomic mass is 32.2. The van der Waals surface area contributed by atoms with Crippen molar-refractivity contribution in [3.05, 3.63) is 53.6 Å². The van der Waals surface area contributed by atoms with Crippen molar-refractivity contribution in [2.24, 2.45) is 0 Å². The van der Waals surface area contributed by atoms with Crippen molar-refractivity contribution >= 4 is 15.9 Å². The molecule has 1 saturated carbocycles. The van der Waals surface area contributed by atoms with Crippen LogP contribution < -0.4 is 9.47 Å². The van der Waals surface area contributed by atoms with Crippen molar-refractivity contribution < 1.29 is 22.7 Å². The molecule has 0 N–H and O–H groups in total. The zero-order valence-corrected chi connectivity index (χ0v) is 20.3. The van der Waals surface area contributed by atoms with Gasteiger partial charge in [-0.15, -0.1) is 0 Å². The number of carbonyl (C=O) groups excluding carboxylic acids is 1. The molecule has 1 aliphatic carbocycles. The summed E-state index contributed by atoms with van der Waals surface area (Å²) in [6.07, 6.45) is 4.09. The van der Waals surface area contributed by atoms with Crippen LogP contribution in [0.4, 0.5) is 0 Å². The summed E-state index contributed by atoms with van der Waals surface area (Å²) in [5.41, 5.74) is 1.37. The van der Waals surface area contributed by atoms with E-state index in [-0.39, 0.29) is 23.6 Å². The van der Waals surface area contributed by atoms with E-state index in [1.807, 2.05) is 30.1 Å². The molecule has 1 amide bonds. The molecule has 3 aliphatic rings. The molecule has 8 nitrogen and oxygen atoms in total. The number of likely N-dealkylation sites (N-methyl/N-ethyl adjacent to an activating group) is 1. The van der Waals surface area contributed by atoms with E-state index in [1.165, 1.54) is 10.4 Å². The Bertz CT molecular complexity index is 1150. The Labute approximate surface area is 201 Å². The average molecular weight is 486 g/mol. The number of hydrogen-bond donors (Lipinski definition) is 0. The van der Waals surface area contributed by atoms with E-state index < -0.39 is 10.0 Å². The van der Waals surface area contributed by atoms with Crippen molar-refractivity contribution in [3.8, 4) is 11.5 Å². The molecule has 5 rings (SSSR count). The summed E-state index contributed by atoms with van der Waals surface area (Å²) in [5.74, 6) is 1.26. The number of fused-ring (bicyclic) bond motifs is 1. The fourth-order valence-electron chi connectivity index (χ4n) is 4.95. The van der Waals surface area contributed by atoms with Crippen LogP contribution in [0.2, 0.25) is 0 Å². The predicted molar refractivity (Wildman–Crippen MR) is 127 cm³/mol. The summed E-state index contributed by atoms with van der Waals surface area (Å²) < 4.78 is 38.9. The monoisotopic (exact) mass is 485 g/mol. The van der Waals surface area contributed by atoms with Gasteiger partial charge in [0.1, 0.15) is 0 Å². The number of hydrogen-bond acceptors (Lipinski definition) is 6. The van der Waals surface area contributed by atoms with E-state index in [4.69, 9.17) is 9.47 Å². The Hall–Kier alpha value is -2.62. The molecule has 0 spiro atoms. The van der Waals surface area contributed by atoms with Gasteiger partial charge in [-0.2, -0.15) is 4.31 Å². The van der Waals surface area contributed by atoms with Crippen LogP contribution in [-0.2, 0) is 16.6 Å². The van der Waals surface area contributed by atoms with Crippen molar-refractivity contribution in [1.29, 1.82) is 0 Å². The van der Waals surface area contributed by atoms with Crippen LogP contribution in [0.1, 0.15) is 41.6 Å². The summed E-state index contributed by atoms with van der Waals surface area (Å²) in [6.45, 7) is 2.95. The minimum absolute atomic E-state index is 0.135. The van der Waals surface area contributed by atoms with Gasteiger partial charge in [0.25, 0.3) is 5.91 Å². The van der Waals surface area contributed by atoms with Crippen molar-refractivity contribution in [1.82, 2.24) is 14.1 Å². The third-order valence-corrected chi connectivity index (χ3v) is 8.89. The molecule has 2 fully saturated rings. The quantitative estimate of drug-likeness (QED) is 0.626. The van der Waals surface area contributed by atoms with Gasteiger partial charge >= 0.3 is 0 Å². The summed E-state index contributed by atoms with van der Waals surface area (Å²) in [7, 11) is -1.66. The maximum Gasteiger partial charge on any atom is 0.254 e. The Morgan fingerprint density at radius 3 is 2.50 bits per heavy atom. The number of ether oxygens (including phenoxy) is 2. The van der Waals surface area contributed by atoms with E-state index in [1.54, 1.807) is 18.2 Å². The highest BCUT2D eigenvalue weighted by Crippen LogP contribution is 2.34. The minimum Gasteiger partial charge on any atom is -0.454 e. The second-order valence-electron chi connectivity index (χ2n) is 9.29. The van der Waals surface area contributed by atoms with E-state index in [0.29, 0.717) is 49.8 Å². The van der Waals surface area contributed by atoms with E-state index in [9.17, 15) is 13.2 Å². The van der Waals surface area contributed by atoms with Crippen LogP contribution >= 0.6 is 0 Å². The Balaban J connectivity index is 1.40. The van der Waals surface area contributed by atoms with Gasteiger partial charge in [-0.1, -0.05) is 25.0 Å². The first-order valence-corrected chi connectivity index (χ1v) is 13.3. The molecule has 0 aromatic heterocycles. The van der Waals surface area contributed by atoms with Gasteiger partial charge in [0, 0.05) is 44.3 Å². The highest BCUT2D eigenvalue weighted by molar-refractivity contribution is 7.89. The number of rotatable bonds is 6. The second kappa shape index (κ2) is 9.56. The normalized spacial score (nSPS) is 19.4. The number of carbonyl (C=O) groups is 1. The van der Waals surface area contributed by atoms with Gasteiger partial charge in [0.05, 0.1) is 4.90 Å². The number of benzene rings is 2. The number of amides is 1. The third kappa shape index (κ3) is 4.64. The molecular formula is C25H31N3O5S. The van der Waals surface area contributed by atoms with Gasteiger partial charge in [-0.25, -0.2) is 8.42 Å². The number of sulfonamides is 1. The molecule has 0 bridgehead atoms. The lowest BCUT2D eigenvalue weighted by Gasteiger charge is -2.32. The minimum atomic E-state index is -3.65. The second-order valence-corrected chi connectivity index (χ2v) is 11.2. The van der Waals surface area contributed by atoms with Crippen LogP contribution in [0.25, 0.3) is 0 Å². The lowest BCUT2D eigenvalue weighted by atomic mass is 10.1. The summed E-state index contributed by atoms with van der Waals surface area (Å²) >= 11 is 0. The molecule has 2 aliphatic heterocycles. The lowest BCUT2D eigenvalue weighted by molar-refractivity contribution is 0.0664. The molecule has 2 aromatic carbocycles. The number of nitrogens with zero attached hydrogens (tertiary/aromatic N) is 3. The first-order chi connectivity index (χ1) is 16.4. The van der Waals surface area contributed by atoms with Crippen molar-refractivity contribution in [2.75, 3.05) is 40.0 Å². The van der Waals surface area contributed by atoms with Crippen LogP contribution in [-0.4, -0.2) is 74.5 Å². The first-order valence-electron chi connectivity index (χ1n) is 11.9. The van der Waals surface area contributed by atoms with E-state index in [2.05, 4.69) is 4.90 Å². The Kier molecular flexibility index (Phi) is 6.50. The van der Waals surface area contributed by atoms with Gasteiger partial charge in [0.2, 0.25) is 16.8 Å². The van der Waals surface area contributed by atoms with Gasteiger partial charge in [-0.3, -0.25) is 4.79 Å². The zero-order chi connectivity index (χ0) is 23.7. The smallest absolute Gasteiger partial charge is 0.254 e. The summed E-state index contributed by atoms with van der Waals surface area (Å²) in [5, 5.41) is 0. The SMILES string of the molecule is CN1CCN(S(=O)(=O)c2cccc(C(=O)N(Cc3ccc4c(c3)OCO4)C3CCCC3)c2)CC1. The first kappa shape index (κ1) is 23.1. The van der Waals surface area contributed by atoms with Crippen molar-refractivity contribution in [2.45, 2.75) is 43.2 Å². The van der Waals surface area contributed by atoms with Crippen LogP contribution in [0.3, 0.4) is 0 Å². The summed E-state index contributed by atoms with van der Waals surface area (Å²) in [6, 6.07) is 12.4. The maximum atomic E-state index is 13.7. The fourth-order valence-corrected chi connectivity index (χ4v) is 6.42. The highest BCUT2D eigenvalue weighted by Gasteiger charge is 2.31. The molecule has 0 radical (unpaired) electrons. The van der Waals surface area contributed by atoms with Crippen LogP contribution in [0.15, 0.2) is 47.4 Å². The van der Waals surface area contributed by atoms with Crippen LogP contribution in [0.5, 0.6) is 11.5 Å². The Morgan fingerprint density at radius 1 is 1.00 bits per heavy atom. The maximum absolute atomic E-state index is 13.7. The van der Waals surface area contributed by atoms with Crippen molar-refractivity contribution in [3.63, 3.8) is 0 Å². The topological polar surface area (TPSA) is 79.4 Å². The molecule has 0 unspecified atom stereocenters. The molecule has 0 atom stereocenters. The Morgan fingerprint density at radius 2 is 1.74 bits per heavy atom. The van der Waals surface area contributed by atoms with Gasteiger partial charge < -0.3 is 19.3 Å². The third-order valence-electron chi connectivity index (χ3n) is 7.00. The summed E-state index contributed by atoms with van der Waals surface area (Å²) in [4.78, 5) is 17.9. The van der Waals surface area contributed by atoms with Gasteiger partial charge in [-0.05, 0) is 55.8 Å². The van der Waals surface area contributed by atoms with E-state index in [0.717, 1.165) is 31.2 Å². The molecule has 9 heteroatoms. The molecular weight excluding hydrogens is 454 g/mol. The largest absolute Gasteiger partial charge is 0.454 e. The molecule has 2 aromatic rings. The molecule has 34 heavy (non-hydrogen) atoms. The van der Waals surface area contributed by atoms with Gasteiger partial charge in [0.15, 0.2) is 11.5 Å². The van der Waals surface area contributed by atoms with Crippen LogP contribution in [0, 0.1) is 0 Å². The zero-order valence-electron chi connectivity index (χ0n) is 19.5. The lowest BCUT2D eigenvalue weighted by Crippen LogP contribution is -2.47. The predicted octanol–water partition coefficient (Wildman–Crippen LogP) is 2.94. The average Bonchev–Trinajstić information content (AvgIpc) is 3.54.